The molecule has 0 bridgehead atoms. The number of rotatable bonds is 3. The summed E-state index contributed by atoms with van der Waals surface area (Å²) < 4.78 is 5.15. The lowest BCUT2D eigenvalue weighted by Gasteiger charge is -2.00. The highest BCUT2D eigenvalue weighted by Gasteiger charge is 2.25. The van der Waals surface area contributed by atoms with Crippen LogP contribution in [-0.4, -0.2) is 21.0 Å². The Bertz CT molecular complexity index is 680. The van der Waals surface area contributed by atoms with Crippen LogP contribution in [0.4, 0.5) is 5.69 Å². The van der Waals surface area contributed by atoms with Gasteiger partial charge in [-0.2, -0.15) is 0 Å². The first-order valence-corrected chi connectivity index (χ1v) is 5.43. The molecule has 0 aliphatic rings. The Balaban J connectivity index is 2.68. The van der Waals surface area contributed by atoms with Gasteiger partial charge in [-0.05, 0) is 13.0 Å². The van der Waals surface area contributed by atoms with Crippen molar-refractivity contribution in [1.29, 1.82) is 0 Å². The van der Waals surface area contributed by atoms with Crippen LogP contribution in [0.5, 0.6) is 0 Å². The molecule has 1 aromatic carbocycles. The second kappa shape index (κ2) is 4.69. The van der Waals surface area contributed by atoms with Crippen molar-refractivity contribution in [3.05, 3.63) is 44.8 Å². The van der Waals surface area contributed by atoms with Crippen molar-refractivity contribution < 1.29 is 19.2 Å². The van der Waals surface area contributed by atoms with Crippen molar-refractivity contribution >= 4 is 23.3 Å². The highest BCUT2D eigenvalue weighted by molar-refractivity contribution is 6.33. The zero-order valence-electron chi connectivity index (χ0n) is 9.58. The molecule has 1 aromatic heterocycles. The average molecular weight is 283 g/mol. The maximum atomic E-state index is 10.9. The molecule has 0 atom stereocenters. The number of benzene rings is 1. The zero-order chi connectivity index (χ0) is 14.2. The van der Waals surface area contributed by atoms with Gasteiger partial charge in [-0.1, -0.05) is 17.7 Å². The Morgan fingerprint density at radius 2 is 2.21 bits per heavy atom. The SMILES string of the molecule is Cc1oc(-c2c(Cl)cccc2[N+](=O)[O-])nc1C(=O)O. The van der Waals surface area contributed by atoms with Gasteiger partial charge in [0.2, 0.25) is 5.89 Å². The summed E-state index contributed by atoms with van der Waals surface area (Å²) in [6.45, 7) is 1.41. The molecule has 0 unspecified atom stereocenters. The largest absolute Gasteiger partial charge is 0.476 e. The van der Waals surface area contributed by atoms with Gasteiger partial charge in [-0.25, -0.2) is 9.78 Å². The van der Waals surface area contributed by atoms with Crippen LogP contribution in [0.3, 0.4) is 0 Å². The van der Waals surface area contributed by atoms with Gasteiger partial charge in [0.1, 0.15) is 11.3 Å². The number of nitro groups is 1. The van der Waals surface area contributed by atoms with Gasteiger partial charge in [0.05, 0.1) is 9.95 Å². The molecule has 8 heteroatoms. The smallest absolute Gasteiger partial charge is 0.358 e. The van der Waals surface area contributed by atoms with E-state index in [9.17, 15) is 14.9 Å². The molecule has 98 valence electrons. The average Bonchev–Trinajstić information content (AvgIpc) is 2.70. The summed E-state index contributed by atoms with van der Waals surface area (Å²) >= 11 is 5.90. The summed E-state index contributed by atoms with van der Waals surface area (Å²) in [6.07, 6.45) is 0. The quantitative estimate of drug-likeness (QED) is 0.685. The Morgan fingerprint density at radius 1 is 1.53 bits per heavy atom. The van der Waals surface area contributed by atoms with Crippen molar-refractivity contribution in [3.63, 3.8) is 0 Å². The van der Waals surface area contributed by atoms with E-state index < -0.39 is 10.9 Å². The summed E-state index contributed by atoms with van der Waals surface area (Å²) in [4.78, 5) is 24.9. The first-order valence-electron chi connectivity index (χ1n) is 5.05. The van der Waals surface area contributed by atoms with Crippen molar-refractivity contribution in [1.82, 2.24) is 4.98 Å². The number of aromatic carboxylic acids is 1. The molecule has 19 heavy (non-hydrogen) atoms. The van der Waals surface area contributed by atoms with Crippen LogP contribution in [0.25, 0.3) is 11.5 Å². The number of aromatic nitrogens is 1. The molecule has 0 saturated carbocycles. The second-order valence-corrected chi connectivity index (χ2v) is 4.03. The number of carboxylic acid groups (broad SMARTS) is 1. The molecule has 0 aliphatic heterocycles. The monoisotopic (exact) mass is 282 g/mol. The van der Waals surface area contributed by atoms with Crippen LogP contribution in [0.2, 0.25) is 5.02 Å². The van der Waals surface area contributed by atoms with E-state index in [0.717, 1.165) is 0 Å². The first-order chi connectivity index (χ1) is 8.91. The number of oxazole rings is 1. The van der Waals surface area contributed by atoms with Crippen molar-refractivity contribution in [2.24, 2.45) is 0 Å². The van der Waals surface area contributed by atoms with E-state index in [1.165, 1.54) is 25.1 Å². The molecule has 1 N–H and O–H groups in total. The molecule has 0 fully saturated rings. The summed E-state index contributed by atoms with van der Waals surface area (Å²) in [5, 5.41) is 19.9. The zero-order valence-corrected chi connectivity index (χ0v) is 10.3. The van der Waals surface area contributed by atoms with Crippen molar-refractivity contribution in [2.45, 2.75) is 6.92 Å². The van der Waals surface area contributed by atoms with E-state index in [1.54, 1.807) is 0 Å². The third kappa shape index (κ3) is 2.27. The molecule has 0 aliphatic carbocycles. The molecule has 0 radical (unpaired) electrons. The van der Waals surface area contributed by atoms with Crippen LogP contribution < -0.4 is 0 Å². The Kier molecular flexibility index (Phi) is 3.22. The summed E-state index contributed by atoms with van der Waals surface area (Å²) in [5.74, 6) is -1.41. The Hall–Kier alpha value is -2.41. The van der Waals surface area contributed by atoms with Gasteiger partial charge in [-0.15, -0.1) is 0 Å². The third-order valence-corrected chi connectivity index (χ3v) is 2.72. The lowest BCUT2D eigenvalue weighted by Crippen LogP contribution is -1.99. The Morgan fingerprint density at radius 3 is 2.74 bits per heavy atom. The summed E-state index contributed by atoms with van der Waals surface area (Å²) in [7, 11) is 0. The molecular formula is C11H7ClN2O5. The first kappa shape index (κ1) is 13.0. The molecule has 0 saturated heterocycles. The van der Waals surface area contributed by atoms with Crippen molar-refractivity contribution in [2.75, 3.05) is 0 Å². The molecule has 2 aromatic rings. The maximum absolute atomic E-state index is 10.9. The second-order valence-electron chi connectivity index (χ2n) is 3.62. The molecule has 7 nitrogen and oxygen atoms in total. The highest BCUT2D eigenvalue weighted by atomic mass is 35.5. The van der Waals surface area contributed by atoms with Gasteiger partial charge in [-0.3, -0.25) is 10.1 Å². The number of halogens is 1. The fraction of sp³-hybridized carbons (Fsp3) is 0.0909. The van der Waals surface area contributed by atoms with E-state index in [2.05, 4.69) is 4.98 Å². The minimum absolute atomic E-state index is 0.0373. The molecule has 1 heterocycles. The van der Waals surface area contributed by atoms with Gasteiger partial charge in [0, 0.05) is 6.07 Å². The van der Waals surface area contributed by atoms with E-state index in [0.29, 0.717) is 0 Å². The number of aryl methyl sites for hydroxylation is 1. The lowest BCUT2D eigenvalue weighted by molar-refractivity contribution is -0.384. The standard InChI is InChI=1S/C11H7ClN2O5/c1-5-9(11(15)16)13-10(19-5)8-6(12)3-2-4-7(8)14(17)18/h2-4H,1H3,(H,15,16). The minimum atomic E-state index is -1.28. The van der Waals surface area contributed by atoms with Gasteiger partial charge in [0.15, 0.2) is 5.69 Å². The highest BCUT2D eigenvalue weighted by Crippen LogP contribution is 2.36. The predicted octanol–water partition coefficient (Wildman–Crippen LogP) is 2.91. The molecule has 0 spiro atoms. The molecule has 2 rings (SSSR count). The maximum Gasteiger partial charge on any atom is 0.358 e. The van der Waals surface area contributed by atoms with E-state index >= 15 is 0 Å². The van der Waals surface area contributed by atoms with Crippen LogP contribution in [0, 0.1) is 17.0 Å². The van der Waals surface area contributed by atoms with Gasteiger partial charge >= 0.3 is 5.97 Å². The van der Waals surface area contributed by atoms with Crippen molar-refractivity contribution in [3.8, 4) is 11.5 Å². The number of carbonyl (C=O) groups is 1. The Labute approximate surface area is 111 Å². The number of nitro benzene ring substituents is 1. The van der Waals surface area contributed by atoms with Crippen LogP contribution in [0.15, 0.2) is 22.6 Å². The van der Waals surface area contributed by atoms with E-state index in [4.69, 9.17) is 21.1 Å². The molecule has 0 amide bonds. The van der Waals surface area contributed by atoms with Crippen LogP contribution in [0.1, 0.15) is 16.2 Å². The fourth-order valence-corrected chi connectivity index (χ4v) is 1.83. The number of carboxylic acids is 1. The topological polar surface area (TPSA) is 106 Å². The van der Waals surface area contributed by atoms with Gasteiger partial charge < -0.3 is 9.52 Å². The lowest BCUT2D eigenvalue weighted by atomic mass is 10.2. The fourth-order valence-electron chi connectivity index (χ4n) is 1.58. The van der Waals surface area contributed by atoms with E-state index in [1.807, 2.05) is 0 Å². The predicted molar refractivity (Wildman–Crippen MR) is 65.3 cm³/mol. The van der Waals surface area contributed by atoms with Gasteiger partial charge in [0.25, 0.3) is 5.69 Å². The van der Waals surface area contributed by atoms with Crippen LogP contribution in [-0.2, 0) is 0 Å². The van der Waals surface area contributed by atoms with Crippen LogP contribution >= 0.6 is 11.6 Å². The summed E-state index contributed by atoms with van der Waals surface area (Å²) in [6, 6.07) is 4.09. The number of hydrogen-bond acceptors (Lipinski definition) is 5. The summed E-state index contributed by atoms with van der Waals surface area (Å²) in [5.41, 5.74) is -0.639. The molecular weight excluding hydrogens is 276 g/mol. The number of nitrogens with zero attached hydrogens (tertiary/aromatic N) is 2. The third-order valence-electron chi connectivity index (χ3n) is 2.40. The number of hydrogen-bond donors (Lipinski definition) is 1. The van der Waals surface area contributed by atoms with E-state index in [-0.39, 0.29) is 33.6 Å². The minimum Gasteiger partial charge on any atom is -0.476 e. The normalized spacial score (nSPS) is 10.4.